The molecule has 9 aromatic carbocycles. The van der Waals surface area contributed by atoms with Crippen molar-refractivity contribution < 1.29 is 0 Å². The van der Waals surface area contributed by atoms with Crippen molar-refractivity contribution in [2.45, 2.75) is 5.41 Å². The molecule has 5 nitrogen and oxygen atoms in total. The molecule has 0 spiro atoms. The second-order valence-electron chi connectivity index (χ2n) is 16.8. The number of fused-ring (bicyclic) bond motifs is 3. The maximum absolute atomic E-state index is 5.32. The van der Waals surface area contributed by atoms with Gasteiger partial charge in [-0.15, -0.1) is 0 Å². The van der Waals surface area contributed by atoms with Crippen LogP contribution in [-0.4, -0.2) is 24.9 Å². The van der Waals surface area contributed by atoms with Crippen LogP contribution in [0.2, 0.25) is 0 Å². The Morgan fingerprint density at radius 1 is 0.224 bits per heavy atom. The van der Waals surface area contributed by atoms with Crippen LogP contribution in [0, 0.1) is 0 Å². The Hall–Kier alpha value is -8.93. The van der Waals surface area contributed by atoms with Gasteiger partial charge in [0.25, 0.3) is 0 Å². The second kappa shape index (κ2) is 16.9. The van der Waals surface area contributed by atoms with Gasteiger partial charge in [-0.2, -0.15) is 0 Å². The minimum absolute atomic E-state index is 0.593. The molecule has 2 aromatic heterocycles. The van der Waals surface area contributed by atoms with E-state index in [0.29, 0.717) is 23.3 Å². The summed E-state index contributed by atoms with van der Waals surface area (Å²) in [6, 6.07) is 87.1. The third-order valence-corrected chi connectivity index (χ3v) is 12.9. The van der Waals surface area contributed by atoms with E-state index in [4.69, 9.17) is 24.9 Å². The number of hydrogen-bond donors (Lipinski definition) is 0. The summed E-state index contributed by atoms with van der Waals surface area (Å²) in [5.74, 6) is 2.47. The normalized spacial score (nSPS) is 12.3. The zero-order valence-corrected chi connectivity index (χ0v) is 36.4. The summed E-state index contributed by atoms with van der Waals surface area (Å²) in [7, 11) is 0. The average molecular weight is 856 g/mol. The van der Waals surface area contributed by atoms with Gasteiger partial charge in [0.05, 0.1) is 16.8 Å². The van der Waals surface area contributed by atoms with Crippen LogP contribution in [0.5, 0.6) is 0 Å². The first kappa shape index (κ1) is 39.6. The van der Waals surface area contributed by atoms with Gasteiger partial charge < -0.3 is 0 Å². The zero-order chi connectivity index (χ0) is 44.6. The number of hydrogen-bond acceptors (Lipinski definition) is 5. The molecule has 0 unspecified atom stereocenters. The number of benzene rings is 9. The van der Waals surface area contributed by atoms with E-state index in [1.165, 1.54) is 27.8 Å². The molecule has 0 radical (unpaired) electrons. The van der Waals surface area contributed by atoms with Crippen molar-refractivity contribution in [2.75, 3.05) is 0 Å². The number of rotatable bonds is 9. The highest BCUT2D eigenvalue weighted by Gasteiger charge is 2.46. The topological polar surface area (TPSA) is 64.5 Å². The molecule has 0 bridgehead atoms. The van der Waals surface area contributed by atoms with E-state index in [-0.39, 0.29) is 0 Å². The number of nitrogens with zero attached hydrogens (tertiary/aromatic N) is 5. The monoisotopic (exact) mass is 855 g/mol. The largest absolute Gasteiger partial charge is 0.228 e. The third kappa shape index (κ3) is 7.11. The summed E-state index contributed by atoms with van der Waals surface area (Å²) in [5, 5.41) is 0. The maximum atomic E-state index is 5.32. The summed E-state index contributed by atoms with van der Waals surface area (Å²) >= 11 is 0. The fraction of sp³-hybridized carbons (Fsp3) is 0.0161. The maximum Gasteiger partial charge on any atom is 0.164 e. The van der Waals surface area contributed by atoms with E-state index in [1.54, 1.807) is 0 Å². The Morgan fingerprint density at radius 2 is 0.612 bits per heavy atom. The van der Waals surface area contributed by atoms with Crippen LogP contribution in [-0.2, 0) is 5.41 Å². The summed E-state index contributed by atoms with van der Waals surface area (Å²) in [6.07, 6.45) is 0. The van der Waals surface area contributed by atoms with Crippen molar-refractivity contribution in [3.63, 3.8) is 0 Å². The van der Waals surface area contributed by atoms with E-state index in [9.17, 15) is 0 Å². The Labute approximate surface area is 389 Å². The first-order chi connectivity index (χ1) is 33.2. The number of aromatic nitrogens is 5. The van der Waals surface area contributed by atoms with Crippen LogP contribution in [0.3, 0.4) is 0 Å². The molecule has 0 saturated carbocycles. The lowest BCUT2D eigenvalue weighted by molar-refractivity contribution is 0.769. The summed E-state index contributed by atoms with van der Waals surface area (Å²) in [5.41, 5.74) is 16.0. The minimum Gasteiger partial charge on any atom is -0.228 e. The Balaban J connectivity index is 1.11. The molecule has 11 aromatic rings. The van der Waals surface area contributed by atoms with Gasteiger partial charge in [-0.25, -0.2) is 24.9 Å². The molecule has 0 amide bonds. The van der Waals surface area contributed by atoms with Crippen LogP contribution in [0.4, 0.5) is 0 Å². The average Bonchev–Trinajstić information content (AvgIpc) is 3.72. The smallest absolute Gasteiger partial charge is 0.164 e. The first-order valence-electron chi connectivity index (χ1n) is 22.6. The van der Waals surface area contributed by atoms with Crippen LogP contribution < -0.4 is 0 Å². The molecule has 0 saturated heterocycles. The molecule has 0 aliphatic heterocycles. The molecule has 12 rings (SSSR count). The van der Waals surface area contributed by atoms with Gasteiger partial charge in [-0.1, -0.05) is 231 Å². The van der Waals surface area contributed by atoms with E-state index >= 15 is 0 Å². The van der Waals surface area contributed by atoms with Crippen molar-refractivity contribution in [2.24, 2.45) is 0 Å². The van der Waals surface area contributed by atoms with E-state index in [0.717, 1.165) is 61.5 Å². The second-order valence-corrected chi connectivity index (χ2v) is 16.8. The van der Waals surface area contributed by atoms with Gasteiger partial charge in [-0.3, -0.25) is 0 Å². The van der Waals surface area contributed by atoms with E-state index in [1.807, 2.05) is 72.8 Å². The SMILES string of the molecule is c1ccc(-c2cc(-c3ccccc3)nc(-c3ccc(-c4cc5c(cc4-c4nc(-c6ccccc6)nc(-c6ccccc6)n4)-c4ccccc4C5(c4ccccc4)c4ccccc4)cc3)n2)cc1. The van der Waals surface area contributed by atoms with Crippen LogP contribution in [0.1, 0.15) is 22.3 Å². The molecule has 5 heteroatoms. The minimum atomic E-state index is -0.606. The predicted octanol–water partition coefficient (Wildman–Crippen LogP) is 14.7. The summed E-state index contributed by atoms with van der Waals surface area (Å²) in [4.78, 5) is 26.0. The van der Waals surface area contributed by atoms with Gasteiger partial charge in [0.2, 0.25) is 0 Å². The molecule has 2 heterocycles. The fourth-order valence-electron chi connectivity index (χ4n) is 9.73. The third-order valence-electron chi connectivity index (χ3n) is 12.9. The molecule has 0 atom stereocenters. The molecular formula is C62H41N5. The molecule has 67 heavy (non-hydrogen) atoms. The van der Waals surface area contributed by atoms with Crippen molar-refractivity contribution in [1.29, 1.82) is 0 Å². The lowest BCUT2D eigenvalue weighted by atomic mass is 9.67. The Kier molecular flexibility index (Phi) is 9.99. The predicted molar refractivity (Wildman–Crippen MR) is 271 cm³/mol. The lowest BCUT2D eigenvalue weighted by Crippen LogP contribution is -2.28. The van der Waals surface area contributed by atoms with Crippen molar-refractivity contribution >= 4 is 0 Å². The standard InChI is InChI=1S/C62H41N5/c1-7-21-43(22-8-1)56-41-57(44-23-9-2-10-24-44)64-58(63-56)47-37-35-42(36-38-47)51-40-55-52(50-33-19-20-34-54(50)62(55,48-29-15-5-16-30-48)49-31-17-6-18-32-49)39-53(51)61-66-59(45-25-11-3-12-26-45)65-60(67-61)46-27-13-4-14-28-46/h1-41H. The van der Waals surface area contributed by atoms with Crippen molar-refractivity contribution in [1.82, 2.24) is 24.9 Å². The quantitative estimate of drug-likeness (QED) is 0.145. The Morgan fingerprint density at radius 3 is 1.12 bits per heavy atom. The Bertz CT molecular complexity index is 3370. The highest BCUT2D eigenvalue weighted by atomic mass is 15.0. The molecule has 1 aliphatic rings. The zero-order valence-electron chi connectivity index (χ0n) is 36.4. The van der Waals surface area contributed by atoms with Crippen LogP contribution in [0.15, 0.2) is 249 Å². The first-order valence-corrected chi connectivity index (χ1v) is 22.6. The summed E-state index contributed by atoms with van der Waals surface area (Å²) in [6.45, 7) is 0. The van der Waals surface area contributed by atoms with Gasteiger partial charge in [0.15, 0.2) is 23.3 Å². The van der Waals surface area contributed by atoms with Crippen LogP contribution in [0.25, 0.3) is 90.3 Å². The van der Waals surface area contributed by atoms with Gasteiger partial charge >= 0.3 is 0 Å². The van der Waals surface area contributed by atoms with E-state index in [2.05, 4.69) is 176 Å². The highest BCUT2D eigenvalue weighted by Crippen LogP contribution is 2.58. The van der Waals surface area contributed by atoms with Gasteiger partial charge in [0.1, 0.15) is 0 Å². The molecule has 0 fully saturated rings. The van der Waals surface area contributed by atoms with Gasteiger partial charge in [0, 0.05) is 33.4 Å². The lowest BCUT2D eigenvalue weighted by Gasteiger charge is -2.34. The van der Waals surface area contributed by atoms with Gasteiger partial charge in [-0.05, 0) is 62.7 Å². The summed E-state index contributed by atoms with van der Waals surface area (Å²) < 4.78 is 0. The van der Waals surface area contributed by atoms with Crippen molar-refractivity contribution in [3.8, 4) is 90.3 Å². The molecule has 1 aliphatic carbocycles. The van der Waals surface area contributed by atoms with Crippen LogP contribution >= 0.6 is 0 Å². The van der Waals surface area contributed by atoms with E-state index < -0.39 is 5.41 Å². The molecule has 314 valence electrons. The molecular weight excluding hydrogens is 815 g/mol. The van der Waals surface area contributed by atoms with Crippen molar-refractivity contribution in [3.05, 3.63) is 271 Å². The highest BCUT2D eigenvalue weighted by molar-refractivity contribution is 5.94. The fourth-order valence-corrected chi connectivity index (χ4v) is 9.73. The molecule has 0 N–H and O–H groups in total.